The molecule has 0 bridgehead atoms. The maximum Gasteiger partial charge on any atom is 0.262 e. The molecule has 0 unspecified atom stereocenters. The molecule has 0 radical (unpaired) electrons. The molecule has 1 saturated heterocycles. The summed E-state index contributed by atoms with van der Waals surface area (Å²) < 4.78 is 34.7. The summed E-state index contributed by atoms with van der Waals surface area (Å²) in [5.74, 6) is 0.553. The second-order valence-corrected chi connectivity index (χ2v) is 9.21. The van der Waals surface area contributed by atoms with Crippen LogP contribution in [-0.4, -0.2) is 28.0 Å². The molecule has 1 aliphatic heterocycles. The molecule has 1 N–H and O–H groups in total. The van der Waals surface area contributed by atoms with Gasteiger partial charge >= 0.3 is 0 Å². The Morgan fingerprint density at radius 2 is 1.55 bits per heavy atom. The van der Waals surface area contributed by atoms with E-state index in [0.29, 0.717) is 35.0 Å². The lowest BCUT2D eigenvalue weighted by Gasteiger charge is -2.22. The summed E-state index contributed by atoms with van der Waals surface area (Å²) in [7, 11) is -2.27. The zero-order valence-electron chi connectivity index (χ0n) is 17.8. The van der Waals surface area contributed by atoms with E-state index in [1.807, 2.05) is 34.6 Å². The third-order valence-electron chi connectivity index (χ3n) is 6.00. The number of nitrogens with one attached hydrogen (secondary N) is 1. The molecule has 0 aromatic heterocycles. The Balaban J connectivity index is 2.06. The fourth-order valence-corrected chi connectivity index (χ4v) is 5.59. The van der Waals surface area contributed by atoms with E-state index in [1.54, 1.807) is 23.1 Å². The summed E-state index contributed by atoms with van der Waals surface area (Å²) in [4.78, 5) is 14.1. The predicted octanol–water partition coefficient (Wildman–Crippen LogP) is 4.16. The molecule has 1 amide bonds. The Labute approximate surface area is 172 Å². The van der Waals surface area contributed by atoms with Crippen LogP contribution in [-0.2, 0) is 14.8 Å². The van der Waals surface area contributed by atoms with Crippen LogP contribution < -0.4 is 14.4 Å². The third kappa shape index (κ3) is 3.71. The van der Waals surface area contributed by atoms with Crippen LogP contribution in [0.1, 0.15) is 40.7 Å². The summed E-state index contributed by atoms with van der Waals surface area (Å²) in [6.07, 6.45) is 1.26. The van der Waals surface area contributed by atoms with Gasteiger partial charge in [0.15, 0.2) is 0 Å². The van der Waals surface area contributed by atoms with Gasteiger partial charge in [0, 0.05) is 13.0 Å². The van der Waals surface area contributed by atoms with Crippen LogP contribution in [0.2, 0.25) is 0 Å². The molecule has 0 atom stereocenters. The van der Waals surface area contributed by atoms with Gasteiger partial charge in [0.25, 0.3) is 10.0 Å². The summed E-state index contributed by atoms with van der Waals surface area (Å²) in [6.45, 7) is 10.2. The van der Waals surface area contributed by atoms with Crippen molar-refractivity contribution in [3.63, 3.8) is 0 Å². The molecule has 6 nitrogen and oxygen atoms in total. The molecule has 0 saturated carbocycles. The Morgan fingerprint density at radius 1 is 0.966 bits per heavy atom. The van der Waals surface area contributed by atoms with Crippen LogP contribution in [0.4, 0.5) is 11.4 Å². The van der Waals surface area contributed by atoms with Gasteiger partial charge in [0.05, 0.1) is 23.4 Å². The average molecular weight is 417 g/mol. The Hall–Kier alpha value is -2.54. The van der Waals surface area contributed by atoms with Crippen molar-refractivity contribution in [2.24, 2.45) is 0 Å². The molecule has 156 valence electrons. The lowest BCUT2D eigenvalue weighted by atomic mass is 9.95. The second-order valence-electron chi connectivity index (χ2n) is 7.60. The average Bonchev–Trinajstić information content (AvgIpc) is 3.10. The maximum absolute atomic E-state index is 13.3. The summed E-state index contributed by atoms with van der Waals surface area (Å²) in [5.41, 5.74) is 5.55. The molecule has 0 aliphatic carbocycles. The van der Waals surface area contributed by atoms with Gasteiger partial charge in [-0.1, -0.05) is 0 Å². The fraction of sp³-hybridized carbons (Fsp3) is 0.409. The zero-order chi connectivity index (χ0) is 21.5. The highest BCUT2D eigenvalue weighted by atomic mass is 32.2. The number of hydrogen-bond donors (Lipinski definition) is 1. The van der Waals surface area contributed by atoms with Crippen LogP contribution in [0.5, 0.6) is 5.75 Å². The molecule has 3 rings (SSSR count). The second kappa shape index (κ2) is 7.71. The smallest absolute Gasteiger partial charge is 0.262 e. The lowest BCUT2D eigenvalue weighted by Crippen LogP contribution is -2.24. The number of sulfonamides is 1. The minimum Gasteiger partial charge on any atom is -0.495 e. The van der Waals surface area contributed by atoms with Crippen molar-refractivity contribution in [3.05, 3.63) is 46.0 Å². The predicted molar refractivity (Wildman–Crippen MR) is 116 cm³/mol. The summed E-state index contributed by atoms with van der Waals surface area (Å²) in [5, 5.41) is 0. The number of carbonyl (C=O) groups excluding carboxylic acids is 1. The van der Waals surface area contributed by atoms with Gasteiger partial charge in [0.1, 0.15) is 5.75 Å². The Kier molecular flexibility index (Phi) is 5.63. The van der Waals surface area contributed by atoms with E-state index in [2.05, 4.69) is 4.72 Å². The van der Waals surface area contributed by atoms with E-state index >= 15 is 0 Å². The van der Waals surface area contributed by atoms with E-state index in [9.17, 15) is 13.2 Å². The van der Waals surface area contributed by atoms with Crippen molar-refractivity contribution in [1.82, 2.24) is 0 Å². The number of ether oxygens (including phenoxy) is 1. The molecule has 1 heterocycles. The SMILES string of the molecule is COc1ccc(NS(=O)(=O)c2c(C)c(C)c(C)c(C)c2C)cc1N1CCCC1=O. The standard InChI is InChI=1S/C22H28N2O4S/c1-13-14(2)16(4)22(17(5)15(13)3)29(26,27)23-18-9-10-20(28-6)19(12-18)24-11-7-8-21(24)25/h9-10,12,23H,7-8,11H2,1-6H3. The molecule has 0 spiro atoms. The first kappa shape index (κ1) is 21.2. The van der Waals surface area contributed by atoms with Crippen molar-refractivity contribution in [2.45, 2.75) is 52.4 Å². The number of amides is 1. The van der Waals surface area contributed by atoms with Crippen molar-refractivity contribution < 1.29 is 17.9 Å². The highest BCUT2D eigenvalue weighted by molar-refractivity contribution is 7.92. The molecule has 2 aromatic carbocycles. The minimum absolute atomic E-state index is 0.0137. The molecule has 1 fully saturated rings. The van der Waals surface area contributed by atoms with Gasteiger partial charge in [0.2, 0.25) is 5.91 Å². The maximum atomic E-state index is 13.3. The van der Waals surface area contributed by atoms with E-state index in [4.69, 9.17) is 4.74 Å². The zero-order valence-corrected chi connectivity index (χ0v) is 18.7. The van der Waals surface area contributed by atoms with Crippen molar-refractivity contribution in [2.75, 3.05) is 23.3 Å². The lowest BCUT2D eigenvalue weighted by molar-refractivity contribution is -0.117. The molecule has 2 aromatic rings. The van der Waals surface area contributed by atoms with Crippen LogP contribution in [0.25, 0.3) is 0 Å². The van der Waals surface area contributed by atoms with Crippen molar-refractivity contribution >= 4 is 27.3 Å². The van der Waals surface area contributed by atoms with Crippen molar-refractivity contribution in [1.29, 1.82) is 0 Å². The monoisotopic (exact) mass is 416 g/mol. The molecule has 1 aliphatic rings. The topological polar surface area (TPSA) is 75.7 Å². The van der Waals surface area contributed by atoms with E-state index in [0.717, 1.165) is 34.2 Å². The number of carbonyl (C=O) groups is 1. The number of hydrogen-bond acceptors (Lipinski definition) is 4. The van der Waals surface area contributed by atoms with Gasteiger partial charge in [-0.05, 0) is 87.1 Å². The highest BCUT2D eigenvalue weighted by Crippen LogP contribution is 2.36. The van der Waals surface area contributed by atoms with Gasteiger partial charge < -0.3 is 9.64 Å². The van der Waals surface area contributed by atoms with Crippen LogP contribution in [0, 0.1) is 34.6 Å². The third-order valence-corrected chi connectivity index (χ3v) is 7.65. The van der Waals surface area contributed by atoms with E-state index < -0.39 is 10.0 Å². The number of methoxy groups -OCH3 is 1. The molecule has 29 heavy (non-hydrogen) atoms. The first-order valence-electron chi connectivity index (χ1n) is 9.66. The molecule has 7 heteroatoms. The first-order valence-corrected chi connectivity index (χ1v) is 11.1. The number of rotatable bonds is 5. The number of nitrogens with zero attached hydrogens (tertiary/aromatic N) is 1. The number of benzene rings is 2. The van der Waals surface area contributed by atoms with Crippen LogP contribution in [0.15, 0.2) is 23.1 Å². The van der Waals surface area contributed by atoms with Gasteiger partial charge in [-0.2, -0.15) is 0 Å². The summed E-state index contributed by atoms with van der Waals surface area (Å²) >= 11 is 0. The minimum atomic E-state index is -3.80. The molecular weight excluding hydrogens is 388 g/mol. The Morgan fingerprint density at radius 3 is 2.07 bits per heavy atom. The highest BCUT2D eigenvalue weighted by Gasteiger charge is 2.27. The summed E-state index contributed by atoms with van der Waals surface area (Å²) in [6, 6.07) is 5.00. The largest absolute Gasteiger partial charge is 0.495 e. The van der Waals surface area contributed by atoms with Crippen LogP contribution in [0.3, 0.4) is 0 Å². The van der Waals surface area contributed by atoms with Gasteiger partial charge in [-0.25, -0.2) is 8.42 Å². The normalized spacial score (nSPS) is 14.4. The quantitative estimate of drug-likeness (QED) is 0.794. The fourth-order valence-electron chi connectivity index (χ4n) is 3.94. The van der Waals surface area contributed by atoms with Crippen molar-refractivity contribution in [3.8, 4) is 5.75 Å². The van der Waals surface area contributed by atoms with Gasteiger partial charge in [-0.3, -0.25) is 9.52 Å². The van der Waals surface area contributed by atoms with E-state index in [-0.39, 0.29) is 5.91 Å². The Bertz CT molecular complexity index is 1060. The number of anilines is 2. The van der Waals surface area contributed by atoms with Crippen LogP contribution >= 0.6 is 0 Å². The van der Waals surface area contributed by atoms with Gasteiger partial charge in [-0.15, -0.1) is 0 Å². The molecular formula is C22H28N2O4S. The van der Waals surface area contributed by atoms with E-state index in [1.165, 1.54) is 7.11 Å². The first-order chi connectivity index (χ1) is 13.6.